The number of Topliss-reactive ketones (excluding diaryl/α,β-unsaturated/α-hetero) is 1. The molecule has 1 heteroatoms. The number of carbonyl (C=O) groups is 1. The van der Waals surface area contributed by atoms with Gasteiger partial charge in [0, 0.05) is 12.3 Å². The molecule has 16 heavy (non-hydrogen) atoms. The van der Waals surface area contributed by atoms with E-state index >= 15 is 0 Å². The fourth-order valence-electron chi connectivity index (χ4n) is 3.97. The molecule has 0 aromatic heterocycles. The van der Waals surface area contributed by atoms with Gasteiger partial charge in [-0.1, -0.05) is 51.9 Å². The van der Waals surface area contributed by atoms with Crippen molar-refractivity contribution in [3.63, 3.8) is 0 Å². The highest BCUT2D eigenvalue weighted by molar-refractivity contribution is 5.81. The van der Waals surface area contributed by atoms with Crippen molar-refractivity contribution in [2.75, 3.05) is 0 Å². The maximum Gasteiger partial charge on any atom is 0.136 e. The highest BCUT2D eigenvalue weighted by Gasteiger charge is 2.34. The minimum absolute atomic E-state index is 0.432. The number of hydrogen-bond acceptors (Lipinski definition) is 1. The smallest absolute Gasteiger partial charge is 0.136 e. The molecular formula is C15H26O. The van der Waals surface area contributed by atoms with Crippen molar-refractivity contribution < 1.29 is 4.79 Å². The maximum atomic E-state index is 12.0. The van der Waals surface area contributed by atoms with Crippen LogP contribution in [-0.4, -0.2) is 5.78 Å². The number of ketones is 1. The van der Waals surface area contributed by atoms with Gasteiger partial charge in [-0.3, -0.25) is 4.79 Å². The van der Waals surface area contributed by atoms with E-state index in [1.165, 1.54) is 51.4 Å². The minimum atomic E-state index is 0.432. The minimum Gasteiger partial charge on any atom is -0.299 e. The Morgan fingerprint density at radius 3 is 2.38 bits per heavy atom. The Balaban J connectivity index is 1.99. The van der Waals surface area contributed by atoms with Crippen LogP contribution in [0.1, 0.15) is 71.1 Å². The molecule has 0 aliphatic heterocycles. The van der Waals surface area contributed by atoms with E-state index in [4.69, 9.17) is 0 Å². The molecule has 0 spiro atoms. The van der Waals surface area contributed by atoms with E-state index in [9.17, 15) is 4.79 Å². The highest BCUT2D eigenvalue weighted by atomic mass is 16.1. The van der Waals surface area contributed by atoms with Crippen LogP contribution < -0.4 is 0 Å². The molecule has 2 unspecified atom stereocenters. The van der Waals surface area contributed by atoms with Gasteiger partial charge in [0.25, 0.3) is 0 Å². The molecule has 92 valence electrons. The van der Waals surface area contributed by atoms with Gasteiger partial charge in [0.1, 0.15) is 5.78 Å². The van der Waals surface area contributed by atoms with Crippen molar-refractivity contribution in [3.05, 3.63) is 0 Å². The lowest BCUT2D eigenvalue weighted by Gasteiger charge is -2.36. The normalized spacial score (nSPS) is 30.3. The summed E-state index contributed by atoms with van der Waals surface area (Å²) >= 11 is 0. The fourth-order valence-corrected chi connectivity index (χ4v) is 3.97. The van der Waals surface area contributed by atoms with Gasteiger partial charge in [-0.15, -0.1) is 0 Å². The Bertz CT molecular complexity index is 228. The van der Waals surface area contributed by atoms with E-state index in [0.717, 1.165) is 18.8 Å². The highest BCUT2D eigenvalue weighted by Crippen LogP contribution is 2.40. The van der Waals surface area contributed by atoms with Gasteiger partial charge in [-0.25, -0.2) is 0 Å². The third-order valence-corrected chi connectivity index (χ3v) is 4.85. The molecule has 2 aliphatic carbocycles. The zero-order chi connectivity index (χ0) is 11.4. The molecule has 2 rings (SSSR count). The van der Waals surface area contributed by atoms with Crippen LogP contribution in [-0.2, 0) is 4.79 Å². The Morgan fingerprint density at radius 2 is 1.75 bits per heavy atom. The van der Waals surface area contributed by atoms with Gasteiger partial charge in [0.05, 0.1) is 0 Å². The van der Waals surface area contributed by atoms with Crippen LogP contribution in [0.15, 0.2) is 0 Å². The van der Waals surface area contributed by atoms with Crippen molar-refractivity contribution in [1.29, 1.82) is 0 Å². The first-order valence-corrected chi connectivity index (χ1v) is 7.35. The molecule has 0 saturated heterocycles. The summed E-state index contributed by atoms with van der Waals surface area (Å²) < 4.78 is 0. The molecule has 2 aliphatic rings. The van der Waals surface area contributed by atoms with Gasteiger partial charge in [0.2, 0.25) is 0 Å². The van der Waals surface area contributed by atoms with E-state index in [1.54, 1.807) is 0 Å². The second-order valence-electron chi connectivity index (χ2n) is 5.79. The average molecular weight is 222 g/mol. The standard InChI is InChI=1S/C15H26O/c1-2-13(12-8-4-3-5-9-12)14-10-6-7-11-15(14)16/h12-14H,2-11H2,1H3. The molecule has 0 bridgehead atoms. The Morgan fingerprint density at radius 1 is 1.06 bits per heavy atom. The summed E-state index contributed by atoms with van der Waals surface area (Å²) in [6.45, 7) is 2.29. The molecule has 2 atom stereocenters. The number of carbonyl (C=O) groups excluding carboxylic acids is 1. The molecule has 0 heterocycles. The number of rotatable bonds is 3. The van der Waals surface area contributed by atoms with Crippen molar-refractivity contribution in [1.82, 2.24) is 0 Å². The lowest BCUT2D eigenvalue weighted by molar-refractivity contribution is -0.127. The van der Waals surface area contributed by atoms with Crippen molar-refractivity contribution >= 4 is 5.78 Å². The van der Waals surface area contributed by atoms with Crippen LogP contribution in [0.2, 0.25) is 0 Å². The largest absolute Gasteiger partial charge is 0.299 e. The summed E-state index contributed by atoms with van der Waals surface area (Å²) in [5.41, 5.74) is 0. The number of hydrogen-bond donors (Lipinski definition) is 0. The first-order chi connectivity index (χ1) is 7.83. The van der Waals surface area contributed by atoms with Crippen molar-refractivity contribution in [2.24, 2.45) is 17.8 Å². The summed E-state index contributed by atoms with van der Waals surface area (Å²) in [6, 6.07) is 0. The summed E-state index contributed by atoms with van der Waals surface area (Å²) in [6.07, 6.45) is 12.7. The Labute approximate surface area is 100.0 Å². The molecule has 0 aromatic rings. The topological polar surface area (TPSA) is 17.1 Å². The fraction of sp³-hybridized carbons (Fsp3) is 0.933. The summed E-state index contributed by atoms with van der Waals surface area (Å²) in [4.78, 5) is 12.0. The monoisotopic (exact) mass is 222 g/mol. The maximum absolute atomic E-state index is 12.0. The SMILES string of the molecule is CCC(C1CCCCC1)C1CCCCC1=O. The van der Waals surface area contributed by atoms with Crippen LogP contribution in [0.4, 0.5) is 0 Å². The van der Waals surface area contributed by atoms with Gasteiger partial charge >= 0.3 is 0 Å². The Kier molecular flexibility index (Phi) is 4.43. The molecule has 2 fully saturated rings. The molecule has 0 aromatic carbocycles. The first kappa shape index (κ1) is 12.1. The molecular weight excluding hydrogens is 196 g/mol. The molecule has 0 radical (unpaired) electrons. The molecule has 0 amide bonds. The van der Waals surface area contributed by atoms with E-state index in [0.29, 0.717) is 17.6 Å². The van der Waals surface area contributed by atoms with Crippen molar-refractivity contribution in [3.8, 4) is 0 Å². The van der Waals surface area contributed by atoms with Gasteiger partial charge in [-0.05, 0) is 24.7 Å². The van der Waals surface area contributed by atoms with E-state index in [2.05, 4.69) is 6.92 Å². The van der Waals surface area contributed by atoms with Crippen LogP contribution in [0.3, 0.4) is 0 Å². The third-order valence-electron chi connectivity index (χ3n) is 4.85. The summed E-state index contributed by atoms with van der Waals surface area (Å²) in [7, 11) is 0. The lowest BCUT2D eigenvalue weighted by Crippen LogP contribution is -2.32. The zero-order valence-electron chi connectivity index (χ0n) is 10.7. The molecule has 0 N–H and O–H groups in total. The second-order valence-corrected chi connectivity index (χ2v) is 5.79. The summed E-state index contributed by atoms with van der Waals surface area (Å²) in [5.74, 6) is 2.60. The predicted octanol–water partition coefficient (Wildman–Crippen LogP) is 4.35. The second kappa shape index (κ2) is 5.84. The van der Waals surface area contributed by atoms with Gasteiger partial charge in [0.15, 0.2) is 0 Å². The van der Waals surface area contributed by atoms with Crippen LogP contribution in [0.25, 0.3) is 0 Å². The predicted molar refractivity (Wildman–Crippen MR) is 67.3 cm³/mol. The van der Waals surface area contributed by atoms with Crippen LogP contribution in [0.5, 0.6) is 0 Å². The molecule has 1 nitrogen and oxygen atoms in total. The quantitative estimate of drug-likeness (QED) is 0.693. The molecule has 2 saturated carbocycles. The average Bonchev–Trinajstić information content (AvgIpc) is 2.34. The lowest BCUT2D eigenvalue weighted by atomic mass is 9.68. The summed E-state index contributed by atoms with van der Waals surface area (Å²) in [5, 5.41) is 0. The first-order valence-electron chi connectivity index (χ1n) is 7.35. The van der Waals surface area contributed by atoms with Crippen molar-refractivity contribution in [2.45, 2.75) is 71.1 Å². The van der Waals surface area contributed by atoms with Gasteiger partial charge < -0.3 is 0 Å². The third kappa shape index (κ3) is 2.67. The van der Waals surface area contributed by atoms with Crippen LogP contribution >= 0.6 is 0 Å². The van der Waals surface area contributed by atoms with Crippen LogP contribution in [0, 0.1) is 17.8 Å². The van der Waals surface area contributed by atoms with E-state index < -0.39 is 0 Å². The Hall–Kier alpha value is -0.330. The zero-order valence-corrected chi connectivity index (χ0v) is 10.7. The van der Waals surface area contributed by atoms with E-state index in [1.807, 2.05) is 0 Å². The van der Waals surface area contributed by atoms with E-state index in [-0.39, 0.29) is 0 Å². The van der Waals surface area contributed by atoms with Gasteiger partial charge in [-0.2, -0.15) is 0 Å².